The summed E-state index contributed by atoms with van der Waals surface area (Å²) in [4.78, 5) is 0. The lowest BCUT2D eigenvalue weighted by molar-refractivity contribution is 0.0793. The van der Waals surface area contributed by atoms with Gasteiger partial charge in [0.05, 0.1) is 0 Å². The van der Waals surface area contributed by atoms with Crippen LogP contribution in [0, 0.1) is 41.4 Å². The van der Waals surface area contributed by atoms with E-state index in [2.05, 4.69) is 29.5 Å². The number of halogens is 1. The summed E-state index contributed by atoms with van der Waals surface area (Å²) in [5, 5.41) is 0. The Hall–Kier alpha value is 0.730. The van der Waals surface area contributed by atoms with Gasteiger partial charge in [-0.1, -0.05) is 61.6 Å². The predicted molar refractivity (Wildman–Crippen MR) is 108 cm³/mol. The van der Waals surface area contributed by atoms with E-state index in [1.54, 1.807) is 64.2 Å². The van der Waals surface area contributed by atoms with Gasteiger partial charge < -0.3 is 0 Å². The van der Waals surface area contributed by atoms with Crippen LogP contribution in [0.2, 0.25) is 0 Å². The van der Waals surface area contributed by atoms with Crippen LogP contribution in [0.15, 0.2) is 0 Å². The van der Waals surface area contributed by atoms with E-state index in [0.717, 1.165) is 45.3 Å². The molecular weight excluding hydrogens is 391 g/mol. The molecule has 0 amide bonds. The van der Waals surface area contributed by atoms with Gasteiger partial charge >= 0.3 is 0 Å². The Bertz CT molecular complexity index is 391. The number of fused-ring (bicyclic) bond motifs is 2. The van der Waals surface area contributed by atoms with Crippen LogP contribution in [0.4, 0.5) is 0 Å². The van der Waals surface area contributed by atoms with Crippen LogP contribution in [0.3, 0.4) is 0 Å². The van der Waals surface area contributed by atoms with E-state index in [9.17, 15) is 0 Å². The van der Waals surface area contributed by atoms with Crippen LogP contribution in [-0.4, -0.2) is 3.92 Å². The maximum atomic E-state index is 2.91. The fraction of sp³-hybridized carbons (Fsp3) is 1.00. The first-order chi connectivity index (χ1) is 11.2. The zero-order valence-electron chi connectivity index (χ0n) is 15.2. The van der Waals surface area contributed by atoms with Crippen molar-refractivity contribution in [3.63, 3.8) is 0 Å². The van der Waals surface area contributed by atoms with Gasteiger partial charge in [0.1, 0.15) is 0 Å². The molecule has 0 radical (unpaired) electrons. The molecule has 1 heteroatoms. The van der Waals surface area contributed by atoms with Crippen LogP contribution in [0.1, 0.15) is 90.4 Å². The SMILES string of the molecule is CC1CCC2CCC(C(I)C3CCC4CCCCC4C3)CC2C1. The Morgan fingerprint density at radius 1 is 0.609 bits per heavy atom. The second kappa shape index (κ2) is 7.54. The zero-order valence-corrected chi connectivity index (χ0v) is 17.3. The van der Waals surface area contributed by atoms with Crippen molar-refractivity contribution in [3.8, 4) is 0 Å². The summed E-state index contributed by atoms with van der Waals surface area (Å²) in [6, 6.07) is 0. The topological polar surface area (TPSA) is 0 Å². The molecule has 0 nitrogen and oxygen atoms in total. The Morgan fingerprint density at radius 3 is 1.91 bits per heavy atom. The lowest BCUT2D eigenvalue weighted by Gasteiger charge is -2.46. The maximum absolute atomic E-state index is 2.91. The first kappa shape index (κ1) is 17.2. The Kier molecular flexibility index (Phi) is 5.62. The van der Waals surface area contributed by atoms with Crippen molar-refractivity contribution in [2.45, 2.75) is 94.3 Å². The Labute approximate surface area is 158 Å². The molecule has 0 N–H and O–H groups in total. The second-order valence-corrected chi connectivity index (χ2v) is 11.3. The summed E-state index contributed by atoms with van der Waals surface area (Å²) < 4.78 is 0.994. The van der Waals surface area contributed by atoms with Crippen molar-refractivity contribution in [1.82, 2.24) is 0 Å². The summed E-state index contributed by atoms with van der Waals surface area (Å²) in [6.07, 6.45) is 20.3. The quantitative estimate of drug-likeness (QED) is 0.321. The largest absolute Gasteiger partial charge is 0.0820 e. The molecule has 4 aliphatic carbocycles. The summed E-state index contributed by atoms with van der Waals surface area (Å²) in [7, 11) is 0. The van der Waals surface area contributed by atoms with Crippen molar-refractivity contribution >= 4 is 22.6 Å². The predicted octanol–water partition coefficient (Wildman–Crippen LogP) is 7.25. The molecule has 4 rings (SSSR count). The summed E-state index contributed by atoms with van der Waals surface area (Å²) in [5.41, 5.74) is 0. The molecule has 23 heavy (non-hydrogen) atoms. The first-order valence-corrected chi connectivity index (χ1v) is 12.1. The maximum Gasteiger partial charge on any atom is 0.0166 e. The summed E-state index contributed by atoms with van der Waals surface area (Å²) in [5.74, 6) is 7.59. The lowest BCUT2D eigenvalue weighted by Crippen LogP contribution is -2.38. The Morgan fingerprint density at radius 2 is 1.17 bits per heavy atom. The van der Waals surface area contributed by atoms with Crippen molar-refractivity contribution in [3.05, 3.63) is 0 Å². The fourth-order valence-corrected chi connectivity index (χ4v) is 8.34. The van der Waals surface area contributed by atoms with Crippen molar-refractivity contribution < 1.29 is 0 Å². The minimum Gasteiger partial charge on any atom is -0.0820 e. The molecular formula is C22H37I. The average Bonchev–Trinajstić information content (AvgIpc) is 2.60. The molecule has 0 aliphatic heterocycles. The highest BCUT2D eigenvalue weighted by atomic mass is 127. The number of hydrogen-bond acceptors (Lipinski definition) is 0. The van der Waals surface area contributed by atoms with Gasteiger partial charge in [0.2, 0.25) is 0 Å². The fourth-order valence-electron chi connectivity index (χ4n) is 7.04. The summed E-state index contributed by atoms with van der Waals surface area (Å²) in [6.45, 7) is 2.51. The lowest BCUT2D eigenvalue weighted by atomic mass is 9.62. The molecule has 0 aromatic carbocycles. The van der Waals surface area contributed by atoms with Crippen molar-refractivity contribution in [1.29, 1.82) is 0 Å². The third-order valence-corrected chi connectivity index (χ3v) is 10.4. The van der Waals surface area contributed by atoms with Crippen LogP contribution in [-0.2, 0) is 0 Å². The molecule has 4 fully saturated rings. The van der Waals surface area contributed by atoms with Gasteiger partial charge in [0.25, 0.3) is 0 Å². The Balaban J connectivity index is 1.34. The van der Waals surface area contributed by atoms with Gasteiger partial charge in [-0.05, 0) is 92.8 Å². The van der Waals surface area contributed by atoms with E-state index in [0.29, 0.717) is 0 Å². The van der Waals surface area contributed by atoms with Gasteiger partial charge in [0.15, 0.2) is 0 Å². The minimum atomic E-state index is 0.994. The van der Waals surface area contributed by atoms with Crippen LogP contribution < -0.4 is 0 Å². The van der Waals surface area contributed by atoms with Gasteiger partial charge in [-0.2, -0.15) is 0 Å². The van der Waals surface area contributed by atoms with Crippen LogP contribution >= 0.6 is 22.6 Å². The van der Waals surface area contributed by atoms with Gasteiger partial charge in [-0.25, -0.2) is 0 Å². The molecule has 0 spiro atoms. The van der Waals surface area contributed by atoms with Gasteiger partial charge in [-0.15, -0.1) is 0 Å². The molecule has 4 aliphatic rings. The van der Waals surface area contributed by atoms with E-state index in [1.165, 1.54) is 19.3 Å². The van der Waals surface area contributed by atoms with Crippen LogP contribution in [0.5, 0.6) is 0 Å². The highest BCUT2D eigenvalue weighted by Crippen LogP contribution is 2.51. The molecule has 8 unspecified atom stereocenters. The van der Waals surface area contributed by atoms with Gasteiger partial charge in [0, 0.05) is 3.92 Å². The van der Waals surface area contributed by atoms with E-state index in [-0.39, 0.29) is 0 Å². The van der Waals surface area contributed by atoms with Crippen molar-refractivity contribution in [2.24, 2.45) is 41.4 Å². The molecule has 132 valence electrons. The molecule has 0 saturated heterocycles. The smallest absolute Gasteiger partial charge is 0.0166 e. The van der Waals surface area contributed by atoms with Gasteiger partial charge in [-0.3, -0.25) is 0 Å². The number of alkyl halides is 1. The molecule has 0 heterocycles. The van der Waals surface area contributed by atoms with Crippen molar-refractivity contribution in [2.75, 3.05) is 0 Å². The molecule has 8 atom stereocenters. The molecule has 0 bridgehead atoms. The van der Waals surface area contributed by atoms with Crippen LogP contribution in [0.25, 0.3) is 0 Å². The highest BCUT2D eigenvalue weighted by Gasteiger charge is 2.41. The third-order valence-electron chi connectivity index (χ3n) is 8.40. The number of rotatable bonds is 2. The highest BCUT2D eigenvalue weighted by molar-refractivity contribution is 14.1. The standard InChI is InChI=1S/C22H37I/c1-15-6-7-17-9-11-20(14-21(17)12-15)22(23)19-10-8-16-4-2-3-5-18(16)13-19/h15-22H,2-14H2,1H3. The van der Waals surface area contributed by atoms with E-state index < -0.39 is 0 Å². The second-order valence-electron chi connectivity index (χ2n) is 9.83. The molecule has 0 aromatic rings. The molecule has 0 aromatic heterocycles. The third kappa shape index (κ3) is 3.80. The normalized spacial score (nSPS) is 49.0. The number of hydrogen-bond donors (Lipinski definition) is 0. The summed E-state index contributed by atoms with van der Waals surface area (Å²) >= 11 is 2.91. The zero-order chi connectivity index (χ0) is 15.8. The molecule has 4 saturated carbocycles. The minimum absolute atomic E-state index is 0.994. The monoisotopic (exact) mass is 428 g/mol. The van der Waals surface area contributed by atoms with E-state index in [4.69, 9.17) is 0 Å². The van der Waals surface area contributed by atoms with E-state index >= 15 is 0 Å². The van der Waals surface area contributed by atoms with E-state index in [1.807, 2.05) is 0 Å². The average molecular weight is 428 g/mol. The first-order valence-electron chi connectivity index (χ1n) is 10.8.